The van der Waals surface area contributed by atoms with Gasteiger partial charge in [0, 0.05) is 42.9 Å². The quantitative estimate of drug-likeness (QED) is 0.700. The van der Waals surface area contributed by atoms with E-state index in [4.69, 9.17) is 5.26 Å². The third kappa shape index (κ3) is 4.96. The molecule has 0 saturated heterocycles. The zero-order chi connectivity index (χ0) is 20.8. The fraction of sp³-hybridized carbons (Fsp3) is 0.0909. The highest BCUT2D eigenvalue weighted by molar-refractivity contribution is 6.07. The Labute approximate surface area is 168 Å². The van der Waals surface area contributed by atoms with Crippen molar-refractivity contribution in [2.75, 3.05) is 29.6 Å². The first-order valence-corrected chi connectivity index (χ1v) is 8.82. The van der Waals surface area contributed by atoms with Crippen LogP contribution in [0.15, 0.2) is 66.9 Å². The highest BCUT2D eigenvalue weighted by atomic mass is 16.2. The minimum Gasteiger partial charge on any atom is -0.378 e. The van der Waals surface area contributed by atoms with Crippen LogP contribution in [0.3, 0.4) is 0 Å². The maximum absolute atomic E-state index is 12.5. The predicted octanol–water partition coefficient (Wildman–Crippen LogP) is 3.52. The standard InChI is InChI=1S/C22H19N5O2/c1-27(2)19-8-6-17(7-9-19)25-21(28)16-10-11-24-20(13-16)22(29)26-18-5-3-4-15(12-18)14-23/h3-13H,1-2H3,(H,25,28)(H,26,29). The minimum absolute atomic E-state index is 0.1000. The number of hydrogen-bond donors (Lipinski definition) is 2. The highest BCUT2D eigenvalue weighted by Crippen LogP contribution is 2.17. The number of anilines is 3. The van der Waals surface area contributed by atoms with Crippen LogP contribution in [-0.4, -0.2) is 30.9 Å². The number of benzene rings is 2. The molecule has 0 bridgehead atoms. The Morgan fingerprint density at radius 3 is 2.34 bits per heavy atom. The maximum Gasteiger partial charge on any atom is 0.274 e. The van der Waals surface area contributed by atoms with Gasteiger partial charge in [-0.2, -0.15) is 5.26 Å². The van der Waals surface area contributed by atoms with Gasteiger partial charge in [-0.25, -0.2) is 0 Å². The molecule has 7 heteroatoms. The zero-order valence-corrected chi connectivity index (χ0v) is 16.0. The topological polar surface area (TPSA) is 98.1 Å². The average Bonchev–Trinajstić information content (AvgIpc) is 2.74. The average molecular weight is 385 g/mol. The van der Waals surface area contributed by atoms with Crippen molar-refractivity contribution in [3.8, 4) is 6.07 Å². The molecule has 0 aliphatic rings. The number of nitrogens with zero attached hydrogens (tertiary/aromatic N) is 3. The Morgan fingerprint density at radius 2 is 1.66 bits per heavy atom. The third-order valence-electron chi connectivity index (χ3n) is 4.15. The van der Waals surface area contributed by atoms with Crippen LogP contribution in [0.2, 0.25) is 0 Å². The first-order valence-electron chi connectivity index (χ1n) is 8.82. The summed E-state index contributed by atoms with van der Waals surface area (Å²) in [5.41, 5.74) is 2.99. The number of pyridine rings is 1. The molecule has 0 spiro atoms. The van der Waals surface area contributed by atoms with Crippen molar-refractivity contribution >= 4 is 28.9 Å². The van der Waals surface area contributed by atoms with E-state index in [1.165, 1.54) is 18.3 Å². The zero-order valence-electron chi connectivity index (χ0n) is 16.0. The third-order valence-corrected chi connectivity index (χ3v) is 4.15. The van der Waals surface area contributed by atoms with Crippen molar-refractivity contribution in [3.05, 3.63) is 83.7 Å². The van der Waals surface area contributed by atoms with Crippen LogP contribution in [0, 0.1) is 11.3 Å². The number of nitrogens with one attached hydrogen (secondary N) is 2. The van der Waals surface area contributed by atoms with Gasteiger partial charge in [0.1, 0.15) is 5.69 Å². The lowest BCUT2D eigenvalue weighted by molar-refractivity contribution is 0.102. The number of hydrogen-bond acceptors (Lipinski definition) is 5. The summed E-state index contributed by atoms with van der Waals surface area (Å²) < 4.78 is 0. The van der Waals surface area contributed by atoms with E-state index in [1.807, 2.05) is 49.3 Å². The predicted molar refractivity (Wildman–Crippen MR) is 112 cm³/mol. The molecule has 1 aromatic heterocycles. The van der Waals surface area contributed by atoms with Crippen LogP contribution in [0.25, 0.3) is 0 Å². The Balaban J connectivity index is 1.71. The summed E-state index contributed by atoms with van der Waals surface area (Å²) in [6.07, 6.45) is 1.41. The summed E-state index contributed by atoms with van der Waals surface area (Å²) in [6.45, 7) is 0. The van der Waals surface area contributed by atoms with E-state index in [1.54, 1.807) is 24.3 Å². The fourth-order valence-corrected chi connectivity index (χ4v) is 2.60. The summed E-state index contributed by atoms with van der Waals surface area (Å²) >= 11 is 0. The Kier molecular flexibility index (Phi) is 5.85. The number of rotatable bonds is 5. The second-order valence-electron chi connectivity index (χ2n) is 6.47. The van der Waals surface area contributed by atoms with Crippen LogP contribution >= 0.6 is 0 Å². The van der Waals surface area contributed by atoms with Gasteiger partial charge in [0.15, 0.2) is 0 Å². The van der Waals surface area contributed by atoms with E-state index in [2.05, 4.69) is 15.6 Å². The van der Waals surface area contributed by atoms with Crippen LogP contribution in [0.5, 0.6) is 0 Å². The molecular weight excluding hydrogens is 366 g/mol. The van der Waals surface area contributed by atoms with Crippen LogP contribution < -0.4 is 15.5 Å². The van der Waals surface area contributed by atoms with Crippen molar-refractivity contribution in [3.63, 3.8) is 0 Å². The van der Waals surface area contributed by atoms with Crippen molar-refractivity contribution < 1.29 is 9.59 Å². The van der Waals surface area contributed by atoms with Crippen LogP contribution in [0.4, 0.5) is 17.1 Å². The number of carbonyl (C=O) groups excluding carboxylic acids is 2. The van der Waals surface area contributed by atoms with Crippen LogP contribution in [-0.2, 0) is 0 Å². The smallest absolute Gasteiger partial charge is 0.274 e. The molecule has 0 saturated carbocycles. The molecule has 2 N–H and O–H groups in total. The van der Waals surface area contributed by atoms with E-state index in [0.717, 1.165) is 5.69 Å². The normalized spacial score (nSPS) is 9.97. The molecule has 2 amide bonds. The van der Waals surface area contributed by atoms with Crippen molar-refractivity contribution in [1.82, 2.24) is 4.98 Å². The molecule has 0 atom stereocenters. The number of amides is 2. The highest BCUT2D eigenvalue weighted by Gasteiger charge is 2.13. The SMILES string of the molecule is CN(C)c1ccc(NC(=O)c2ccnc(C(=O)Nc3cccc(C#N)c3)c2)cc1. The Bertz CT molecular complexity index is 1080. The van der Waals surface area contributed by atoms with E-state index >= 15 is 0 Å². The molecule has 29 heavy (non-hydrogen) atoms. The van der Waals surface area contributed by atoms with Gasteiger partial charge < -0.3 is 15.5 Å². The molecule has 0 unspecified atom stereocenters. The van der Waals surface area contributed by atoms with Gasteiger partial charge >= 0.3 is 0 Å². The summed E-state index contributed by atoms with van der Waals surface area (Å²) in [4.78, 5) is 31.0. The minimum atomic E-state index is -0.468. The summed E-state index contributed by atoms with van der Waals surface area (Å²) in [6, 6.07) is 18.9. The first kappa shape index (κ1) is 19.6. The lowest BCUT2D eigenvalue weighted by Gasteiger charge is -2.13. The summed E-state index contributed by atoms with van der Waals surface area (Å²) in [5, 5.41) is 14.4. The van der Waals surface area contributed by atoms with E-state index in [0.29, 0.717) is 22.5 Å². The van der Waals surface area contributed by atoms with Crippen molar-refractivity contribution in [1.29, 1.82) is 5.26 Å². The molecular formula is C22H19N5O2. The molecule has 144 valence electrons. The molecule has 0 radical (unpaired) electrons. The molecule has 3 rings (SSSR count). The summed E-state index contributed by atoms with van der Waals surface area (Å²) in [5.74, 6) is -0.810. The largest absolute Gasteiger partial charge is 0.378 e. The molecule has 3 aromatic rings. The maximum atomic E-state index is 12.5. The fourth-order valence-electron chi connectivity index (χ4n) is 2.60. The Morgan fingerprint density at radius 1 is 0.931 bits per heavy atom. The number of nitriles is 1. The van der Waals surface area contributed by atoms with Crippen molar-refractivity contribution in [2.24, 2.45) is 0 Å². The molecule has 7 nitrogen and oxygen atoms in total. The number of aromatic nitrogens is 1. The summed E-state index contributed by atoms with van der Waals surface area (Å²) in [7, 11) is 3.88. The van der Waals surface area contributed by atoms with Gasteiger partial charge in [-0.3, -0.25) is 14.6 Å². The van der Waals surface area contributed by atoms with Gasteiger partial charge in [-0.1, -0.05) is 6.07 Å². The lowest BCUT2D eigenvalue weighted by Crippen LogP contribution is -2.17. The molecule has 1 heterocycles. The Hall–Kier alpha value is -4.18. The van der Waals surface area contributed by atoms with Gasteiger partial charge in [-0.05, 0) is 54.6 Å². The van der Waals surface area contributed by atoms with E-state index in [9.17, 15) is 9.59 Å². The molecule has 0 fully saturated rings. The number of carbonyl (C=O) groups is 2. The second kappa shape index (κ2) is 8.67. The molecule has 2 aromatic carbocycles. The van der Waals surface area contributed by atoms with E-state index in [-0.39, 0.29) is 11.6 Å². The van der Waals surface area contributed by atoms with Crippen molar-refractivity contribution in [2.45, 2.75) is 0 Å². The molecule has 0 aliphatic carbocycles. The van der Waals surface area contributed by atoms with Gasteiger partial charge in [-0.15, -0.1) is 0 Å². The second-order valence-corrected chi connectivity index (χ2v) is 6.47. The van der Waals surface area contributed by atoms with Crippen LogP contribution in [0.1, 0.15) is 26.4 Å². The first-order chi connectivity index (χ1) is 14.0. The monoisotopic (exact) mass is 385 g/mol. The van der Waals surface area contributed by atoms with Gasteiger partial charge in [0.25, 0.3) is 11.8 Å². The van der Waals surface area contributed by atoms with E-state index < -0.39 is 5.91 Å². The van der Waals surface area contributed by atoms with Gasteiger partial charge in [0.2, 0.25) is 0 Å². The lowest BCUT2D eigenvalue weighted by atomic mass is 10.2. The molecule has 0 aliphatic heterocycles. The van der Waals surface area contributed by atoms with Gasteiger partial charge in [0.05, 0.1) is 11.6 Å².